The van der Waals surface area contributed by atoms with Crippen molar-refractivity contribution >= 4 is 0 Å². The second-order valence-corrected chi connectivity index (χ2v) is 5.63. The quantitative estimate of drug-likeness (QED) is 0.741. The van der Waals surface area contributed by atoms with Gasteiger partial charge in [0.15, 0.2) is 0 Å². The lowest BCUT2D eigenvalue weighted by molar-refractivity contribution is 0.214. The van der Waals surface area contributed by atoms with Crippen LogP contribution in [0.15, 0.2) is 0 Å². The molecular weight excluding hydrogens is 172 g/mol. The highest BCUT2D eigenvalue weighted by atomic mass is 15.1. The van der Waals surface area contributed by atoms with Crippen molar-refractivity contribution < 1.29 is 0 Å². The van der Waals surface area contributed by atoms with Crippen LogP contribution in [0.1, 0.15) is 32.6 Å². The van der Waals surface area contributed by atoms with Crippen LogP contribution in [-0.4, -0.2) is 31.1 Å². The molecule has 2 fully saturated rings. The van der Waals surface area contributed by atoms with Gasteiger partial charge in [0, 0.05) is 19.1 Å². The smallest absolute Gasteiger partial charge is 0.0139 e. The van der Waals surface area contributed by atoms with Gasteiger partial charge < -0.3 is 10.6 Å². The lowest BCUT2D eigenvalue weighted by Crippen LogP contribution is -2.36. The van der Waals surface area contributed by atoms with Gasteiger partial charge in [-0.2, -0.15) is 0 Å². The zero-order valence-corrected chi connectivity index (χ0v) is 9.58. The second-order valence-electron chi connectivity index (χ2n) is 5.63. The predicted octanol–water partition coefficient (Wildman–Crippen LogP) is 1.70. The van der Waals surface area contributed by atoms with E-state index in [-0.39, 0.29) is 0 Å². The van der Waals surface area contributed by atoms with Crippen LogP contribution >= 0.6 is 0 Å². The lowest BCUT2D eigenvalue weighted by Gasteiger charge is -2.28. The molecule has 2 nitrogen and oxygen atoms in total. The van der Waals surface area contributed by atoms with Gasteiger partial charge in [0.2, 0.25) is 0 Å². The standard InChI is InChI=1S/C12H24N2/c1-9(13)7-14(2)8-12-6-10-3-4-11(12)5-10/h9-12H,3-8,13H2,1-2H3. The third kappa shape index (κ3) is 2.29. The Morgan fingerprint density at radius 1 is 1.36 bits per heavy atom. The summed E-state index contributed by atoms with van der Waals surface area (Å²) in [6.45, 7) is 4.42. The van der Waals surface area contributed by atoms with E-state index in [1.54, 1.807) is 0 Å². The van der Waals surface area contributed by atoms with Crippen LogP contribution in [0.4, 0.5) is 0 Å². The van der Waals surface area contributed by atoms with Crippen LogP contribution in [0, 0.1) is 17.8 Å². The molecule has 2 N–H and O–H groups in total. The van der Waals surface area contributed by atoms with Crippen LogP contribution in [0.3, 0.4) is 0 Å². The van der Waals surface area contributed by atoms with Crippen molar-refractivity contribution in [2.75, 3.05) is 20.1 Å². The molecule has 0 radical (unpaired) electrons. The molecule has 14 heavy (non-hydrogen) atoms. The Morgan fingerprint density at radius 3 is 2.64 bits per heavy atom. The molecule has 0 aromatic heterocycles. The van der Waals surface area contributed by atoms with Crippen molar-refractivity contribution in [1.29, 1.82) is 0 Å². The minimum absolute atomic E-state index is 0.318. The largest absolute Gasteiger partial charge is 0.327 e. The van der Waals surface area contributed by atoms with Gasteiger partial charge in [-0.3, -0.25) is 0 Å². The number of rotatable bonds is 4. The Labute approximate surface area is 87.8 Å². The van der Waals surface area contributed by atoms with E-state index in [9.17, 15) is 0 Å². The van der Waals surface area contributed by atoms with Crippen molar-refractivity contribution in [2.45, 2.75) is 38.6 Å². The summed E-state index contributed by atoms with van der Waals surface area (Å²) in [5.74, 6) is 3.11. The molecule has 4 atom stereocenters. The number of hydrogen-bond donors (Lipinski definition) is 1. The molecule has 0 amide bonds. The highest BCUT2D eigenvalue weighted by Gasteiger charge is 2.39. The molecule has 2 aliphatic carbocycles. The molecule has 0 heterocycles. The Kier molecular flexibility index (Phi) is 3.13. The van der Waals surface area contributed by atoms with Gasteiger partial charge in [-0.1, -0.05) is 6.42 Å². The van der Waals surface area contributed by atoms with Crippen molar-refractivity contribution in [2.24, 2.45) is 23.5 Å². The summed E-state index contributed by atoms with van der Waals surface area (Å²) in [6.07, 6.45) is 6.03. The predicted molar refractivity (Wildman–Crippen MR) is 60.1 cm³/mol. The van der Waals surface area contributed by atoms with Crippen LogP contribution in [0.25, 0.3) is 0 Å². The number of nitrogens with zero attached hydrogens (tertiary/aromatic N) is 1. The monoisotopic (exact) mass is 196 g/mol. The fourth-order valence-corrected chi connectivity index (χ4v) is 3.57. The van der Waals surface area contributed by atoms with E-state index in [0.29, 0.717) is 6.04 Å². The van der Waals surface area contributed by atoms with E-state index in [1.807, 2.05) is 0 Å². The van der Waals surface area contributed by atoms with Crippen LogP contribution in [-0.2, 0) is 0 Å². The van der Waals surface area contributed by atoms with Gasteiger partial charge in [-0.25, -0.2) is 0 Å². The van der Waals surface area contributed by atoms with Crippen LogP contribution < -0.4 is 5.73 Å². The van der Waals surface area contributed by atoms with Gasteiger partial charge in [-0.05, 0) is 51.0 Å². The topological polar surface area (TPSA) is 29.3 Å². The third-order valence-electron chi connectivity index (χ3n) is 4.03. The molecule has 0 spiro atoms. The van der Waals surface area contributed by atoms with Gasteiger partial charge >= 0.3 is 0 Å². The summed E-state index contributed by atoms with van der Waals surface area (Å²) in [4.78, 5) is 2.43. The number of likely N-dealkylation sites (N-methyl/N-ethyl adjacent to an activating group) is 1. The fourth-order valence-electron chi connectivity index (χ4n) is 3.57. The maximum atomic E-state index is 5.80. The van der Waals surface area contributed by atoms with Crippen molar-refractivity contribution in [3.63, 3.8) is 0 Å². The maximum absolute atomic E-state index is 5.80. The summed E-state index contributed by atoms with van der Waals surface area (Å²) < 4.78 is 0. The Hall–Kier alpha value is -0.0800. The molecule has 82 valence electrons. The molecule has 0 saturated heterocycles. The molecule has 0 aromatic carbocycles. The Morgan fingerprint density at radius 2 is 2.14 bits per heavy atom. The summed E-state index contributed by atoms with van der Waals surface area (Å²) in [5.41, 5.74) is 5.80. The molecular formula is C12H24N2. The van der Waals surface area contributed by atoms with Crippen LogP contribution in [0.2, 0.25) is 0 Å². The van der Waals surface area contributed by atoms with E-state index in [4.69, 9.17) is 5.73 Å². The highest BCUT2D eigenvalue weighted by molar-refractivity contribution is 4.91. The van der Waals surface area contributed by atoms with Crippen molar-refractivity contribution in [3.8, 4) is 0 Å². The average molecular weight is 196 g/mol. The van der Waals surface area contributed by atoms with Crippen LogP contribution in [0.5, 0.6) is 0 Å². The molecule has 2 aliphatic rings. The fraction of sp³-hybridized carbons (Fsp3) is 1.00. The number of fused-ring (bicyclic) bond motifs is 2. The van der Waals surface area contributed by atoms with Gasteiger partial charge in [0.05, 0.1) is 0 Å². The van der Waals surface area contributed by atoms with Gasteiger partial charge in [0.25, 0.3) is 0 Å². The third-order valence-corrected chi connectivity index (χ3v) is 4.03. The summed E-state index contributed by atoms with van der Waals surface area (Å²) in [5, 5.41) is 0. The molecule has 2 bridgehead atoms. The summed E-state index contributed by atoms with van der Waals surface area (Å²) >= 11 is 0. The SMILES string of the molecule is CC(N)CN(C)CC1CC2CCC1C2. The first kappa shape index (κ1) is 10.4. The van der Waals surface area contributed by atoms with Crippen molar-refractivity contribution in [1.82, 2.24) is 4.90 Å². The van der Waals surface area contributed by atoms with E-state index in [0.717, 1.165) is 24.3 Å². The zero-order chi connectivity index (χ0) is 10.1. The molecule has 2 rings (SSSR count). The molecule has 2 saturated carbocycles. The van der Waals surface area contributed by atoms with Gasteiger partial charge in [-0.15, -0.1) is 0 Å². The second kappa shape index (κ2) is 4.19. The molecule has 0 aromatic rings. The first-order chi connectivity index (χ1) is 6.65. The first-order valence-corrected chi connectivity index (χ1v) is 6.09. The highest BCUT2D eigenvalue weighted by Crippen LogP contribution is 2.48. The molecule has 2 heteroatoms. The number of nitrogens with two attached hydrogens (primary N) is 1. The summed E-state index contributed by atoms with van der Waals surface area (Å²) in [7, 11) is 2.22. The van der Waals surface area contributed by atoms with Gasteiger partial charge in [0.1, 0.15) is 0 Å². The molecule has 4 unspecified atom stereocenters. The normalized spacial score (nSPS) is 38.1. The maximum Gasteiger partial charge on any atom is 0.0139 e. The Bertz CT molecular complexity index is 191. The first-order valence-electron chi connectivity index (χ1n) is 6.09. The molecule has 0 aliphatic heterocycles. The average Bonchev–Trinajstić information content (AvgIpc) is 2.62. The van der Waals surface area contributed by atoms with E-state index in [1.165, 1.54) is 32.2 Å². The number of hydrogen-bond acceptors (Lipinski definition) is 2. The van der Waals surface area contributed by atoms with E-state index < -0.39 is 0 Å². The summed E-state index contributed by atoms with van der Waals surface area (Å²) in [6, 6.07) is 0.318. The van der Waals surface area contributed by atoms with E-state index in [2.05, 4.69) is 18.9 Å². The van der Waals surface area contributed by atoms with Crippen molar-refractivity contribution in [3.05, 3.63) is 0 Å². The minimum atomic E-state index is 0.318. The lowest BCUT2D eigenvalue weighted by atomic mass is 9.88. The zero-order valence-electron chi connectivity index (χ0n) is 9.58. The Balaban J connectivity index is 1.75. The minimum Gasteiger partial charge on any atom is -0.327 e. The van der Waals surface area contributed by atoms with E-state index >= 15 is 0 Å².